The van der Waals surface area contributed by atoms with Gasteiger partial charge in [0.15, 0.2) is 0 Å². The fourth-order valence-corrected chi connectivity index (χ4v) is 4.71. The summed E-state index contributed by atoms with van der Waals surface area (Å²) in [6.45, 7) is 0.610. The number of carbonyl (C=O) groups excluding carboxylic acids is 1. The van der Waals surface area contributed by atoms with Gasteiger partial charge in [-0.2, -0.15) is 4.31 Å². The zero-order valence-corrected chi connectivity index (χ0v) is 16.1. The van der Waals surface area contributed by atoms with Crippen molar-refractivity contribution in [2.75, 3.05) is 13.1 Å². The maximum atomic E-state index is 13.8. The second kappa shape index (κ2) is 8.37. The molecule has 8 heteroatoms. The second-order valence-corrected chi connectivity index (χ2v) is 8.61. The van der Waals surface area contributed by atoms with Crippen molar-refractivity contribution in [2.45, 2.75) is 30.8 Å². The molecule has 0 aromatic heterocycles. The molecule has 1 aliphatic rings. The maximum absolute atomic E-state index is 13.8. The van der Waals surface area contributed by atoms with Crippen LogP contribution < -0.4 is 0 Å². The molecule has 0 bridgehead atoms. The van der Waals surface area contributed by atoms with E-state index in [1.807, 2.05) is 0 Å². The van der Waals surface area contributed by atoms with Gasteiger partial charge in [-0.25, -0.2) is 17.6 Å². The molecule has 0 atom stereocenters. The summed E-state index contributed by atoms with van der Waals surface area (Å²) in [5.41, 5.74) is 0.158. The highest BCUT2D eigenvalue weighted by molar-refractivity contribution is 7.89. The van der Waals surface area contributed by atoms with Crippen LogP contribution in [0.4, 0.5) is 4.39 Å². The van der Waals surface area contributed by atoms with Crippen LogP contribution in [0.25, 0.3) is 0 Å². The van der Waals surface area contributed by atoms with Crippen molar-refractivity contribution < 1.29 is 22.3 Å². The minimum atomic E-state index is -3.65. The zero-order valence-electron chi connectivity index (χ0n) is 14.5. The molecule has 0 unspecified atom stereocenters. The first-order valence-electron chi connectivity index (χ1n) is 8.60. The highest BCUT2D eigenvalue weighted by Crippen LogP contribution is 2.23. The van der Waals surface area contributed by atoms with Gasteiger partial charge >= 0.3 is 5.97 Å². The lowest BCUT2D eigenvalue weighted by Gasteiger charge is -2.25. The van der Waals surface area contributed by atoms with Crippen LogP contribution in [0.5, 0.6) is 0 Å². The fraction of sp³-hybridized carbons (Fsp3) is 0.316. The summed E-state index contributed by atoms with van der Waals surface area (Å²) < 4.78 is 45.8. The summed E-state index contributed by atoms with van der Waals surface area (Å²) in [6, 6.07) is 9.87. The molecule has 3 rings (SSSR count). The van der Waals surface area contributed by atoms with Gasteiger partial charge in [0.1, 0.15) is 12.4 Å². The van der Waals surface area contributed by atoms with Crippen LogP contribution in [0, 0.1) is 5.82 Å². The van der Waals surface area contributed by atoms with Crippen LogP contribution in [0.2, 0.25) is 5.02 Å². The standard InChI is InChI=1S/C19H19ClFNO4S/c20-17-8-5-9-18(21)16(17)13-26-19(23)14-6-4-7-15(12-14)27(24,25)22-10-2-1-3-11-22/h4-9,12H,1-3,10-11,13H2. The molecule has 0 aliphatic carbocycles. The van der Waals surface area contributed by atoms with E-state index in [4.69, 9.17) is 16.3 Å². The molecule has 0 radical (unpaired) electrons. The van der Waals surface area contributed by atoms with Gasteiger partial charge in [-0.1, -0.05) is 30.2 Å². The second-order valence-electron chi connectivity index (χ2n) is 6.27. The number of carbonyl (C=O) groups is 1. The Hall–Kier alpha value is -1.96. The number of hydrogen-bond acceptors (Lipinski definition) is 4. The van der Waals surface area contributed by atoms with E-state index in [0.717, 1.165) is 19.3 Å². The fourth-order valence-electron chi connectivity index (χ4n) is 2.93. The third-order valence-electron chi connectivity index (χ3n) is 4.43. The highest BCUT2D eigenvalue weighted by Gasteiger charge is 2.26. The summed E-state index contributed by atoms with van der Waals surface area (Å²) in [7, 11) is -3.65. The normalized spacial score (nSPS) is 15.5. The van der Waals surface area contributed by atoms with Gasteiger partial charge in [-0.3, -0.25) is 0 Å². The minimum absolute atomic E-state index is 0.0442. The number of ether oxygens (including phenoxy) is 1. The van der Waals surface area contributed by atoms with E-state index in [9.17, 15) is 17.6 Å². The molecule has 1 saturated heterocycles. The summed E-state index contributed by atoms with van der Waals surface area (Å²) in [5, 5.41) is 0.157. The Kier molecular flexibility index (Phi) is 6.14. The van der Waals surface area contributed by atoms with E-state index in [-0.39, 0.29) is 27.7 Å². The monoisotopic (exact) mass is 411 g/mol. The molecule has 144 valence electrons. The quantitative estimate of drug-likeness (QED) is 0.697. The van der Waals surface area contributed by atoms with Crippen LogP contribution >= 0.6 is 11.6 Å². The Balaban J connectivity index is 1.76. The smallest absolute Gasteiger partial charge is 0.338 e. The molecule has 0 saturated carbocycles. The summed E-state index contributed by atoms with van der Waals surface area (Å²) in [5.74, 6) is -1.32. The molecule has 2 aromatic rings. The van der Waals surface area contributed by atoms with Crippen molar-refractivity contribution in [1.82, 2.24) is 4.31 Å². The molecule has 5 nitrogen and oxygen atoms in total. The molecule has 0 N–H and O–H groups in total. The minimum Gasteiger partial charge on any atom is -0.457 e. The first-order valence-corrected chi connectivity index (χ1v) is 10.4. The molecular weight excluding hydrogens is 393 g/mol. The Bertz CT molecular complexity index is 922. The summed E-state index contributed by atoms with van der Waals surface area (Å²) >= 11 is 5.91. The van der Waals surface area contributed by atoms with E-state index in [0.29, 0.717) is 13.1 Å². The predicted octanol–water partition coefficient (Wildman–Crippen LogP) is 4.01. The first kappa shape index (κ1) is 19.8. The number of esters is 1. The number of piperidine rings is 1. The number of nitrogens with zero attached hydrogens (tertiary/aromatic N) is 1. The number of hydrogen-bond donors (Lipinski definition) is 0. The van der Waals surface area contributed by atoms with Crippen LogP contribution in [0.1, 0.15) is 35.2 Å². The van der Waals surface area contributed by atoms with Crippen LogP contribution in [-0.2, 0) is 21.4 Å². The van der Waals surface area contributed by atoms with Gasteiger partial charge in [0, 0.05) is 18.7 Å². The maximum Gasteiger partial charge on any atom is 0.338 e. The third kappa shape index (κ3) is 4.48. The average molecular weight is 412 g/mol. The molecule has 1 fully saturated rings. The summed E-state index contributed by atoms with van der Waals surface area (Å²) in [6.07, 6.45) is 2.66. The van der Waals surface area contributed by atoms with Gasteiger partial charge in [0.05, 0.1) is 15.5 Å². The van der Waals surface area contributed by atoms with E-state index < -0.39 is 21.8 Å². The van der Waals surface area contributed by atoms with Crippen LogP contribution in [-0.4, -0.2) is 31.8 Å². The molecule has 0 spiro atoms. The molecule has 0 amide bonds. The van der Waals surface area contributed by atoms with Crippen molar-refractivity contribution in [3.05, 3.63) is 64.4 Å². The number of rotatable bonds is 5. The molecule has 2 aromatic carbocycles. The van der Waals surface area contributed by atoms with Gasteiger partial charge < -0.3 is 4.74 Å². The Morgan fingerprint density at radius 2 is 1.81 bits per heavy atom. The van der Waals surface area contributed by atoms with Crippen LogP contribution in [0.3, 0.4) is 0 Å². The molecule has 27 heavy (non-hydrogen) atoms. The van der Waals surface area contributed by atoms with Crippen molar-refractivity contribution in [3.8, 4) is 0 Å². The Morgan fingerprint density at radius 3 is 2.52 bits per heavy atom. The van der Waals surface area contributed by atoms with Gasteiger partial charge in [-0.15, -0.1) is 0 Å². The third-order valence-corrected chi connectivity index (χ3v) is 6.68. The lowest BCUT2D eigenvalue weighted by Crippen LogP contribution is -2.35. The molecular formula is C19H19ClFNO4S. The van der Waals surface area contributed by atoms with Gasteiger partial charge in [0.2, 0.25) is 10.0 Å². The van der Waals surface area contributed by atoms with Gasteiger partial charge in [-0.05, 0) is 43.2 Å². The number of benzene rings is 2. The lowest BCUT2D eigenvalue weighted by molar-refractivity contribution is 0.0469. The largest absolute Gasteiger partial charge is 0.457 e. The predicted molar refractivity (Wildman–Crippen MR) is 99.6 cm³/mol. The Morgan fingerprint density at radius 1 is 1.11 bits per heavy atom. The summed E-state index contributed by atoms with van der Waals surface area (Å²) in [4.78, 5) is 12.3. The van der Waals surface area contributed by atoms with E-state index in [2.05, 4.69) is 0 Å². The molecule has 1 heterocycles. The van der Waals surface area contributed by atoms with Crippen molar-refractivity contribution >= 4 is 27.6 Å². The van der Waals surface area contributed by atoms with Crippen LogP contribution in [0.15, 0.2) is 47.4 Å². The Labute approximate surface area is 162 Å². The number of sulfonamides is 1. The SMILES string of the molecule is O=C(OCc1c(F)cccc1Cl)c1cccc(S(=O)(=O)N2CCCCC2)c1. The lowest BCUT2D eigenvalue weighted by atomic mass is 10.2. The van der Waals surface area contributed by atoms with E-state index >= 15 is 0 Å². The average Bonchev–Trinajstić information content (AvgIpc) is 2.68. The van der Waals surface area contributed by atoms with Gasteiger partial charge in [0.25, 0.3) is 0 Å². The molecule has 1 aliphatic heterocycles. The zero-order chi connectivity index (χ0) is 19.4. The number of halogens is 2. The van der Waals surface area contributed by atoms with Crippen molar-refractivity contribution in [3.63, 3.8) is 0 Å². The van der Waals surface area contributed by atoms with Crippen molar-refractivity contribution in [1.29, 1.82) is 0 Å². The van der Waals surface area contributed by atoms with E-state index in [1.165, 1.54) is 46.8 Å². The van der Waals surface area contributed by atoms with E-state index in [1.54, 1.807) is 0 Å². The first-order chi connectivity index (χ1) is 12.9. The highest BCUT2D eigenvalue weighted by atomic mass is 35.5. The topological polar surface area (TPSA) is 63.7 Å². The van der Waals surface area contributed by atoms with Crippen molar-refractivity contribution in [2.24, 2.45) is 0 Å².